The molecule has 0 unspecified atom stereocenters. The minimum absolute atomic E-state index is 0.540. The Hall–Kier alpha value is -2.54. The van der Waals surface area contributed by atoms with E-state index in [1.165, 1.54) is 16.0 Å². The van der Waals surface area contributed by atoms with Crippen molar-refractivity contribution in [2.45, 2.75) is 31.8 Å². The summed E-state index contributed by atoms with van der Waals surface area (Å²) in [5, 5.41) is 6.67. The van der Waals surface area contributed by atoms with Crippen LogP contribution in [0.25, 0.3) is 0 Å². The van der Waals surface area contributed by atoms with Crippen LogP contribution < -0.4 is 24.8 Å². The topological polar surface area (TPSA) is 64.1 Å². The minimum atomic E-state index is 0.540. The summed E-state index contributed by atoms with van der Waals surface area (Å²) in [5.41, 5.74) is 3.42. The van der Waals surface area contributed by atoms with Crippen LogP contribution in [0.2, 0.25) is 0 Å². The van der Waals surface area contributed by atoms with E-state index in [2.05, 4.69) is 42.0 Å². The highest BCUT2D eigenvalue weighted by Gasteiger charge is 2.16. The van der Waals surface area contributed by atoms with Gasteiger partial charge in [-0.25, -0.2) is 4.99 Å². The van der Waals surface area contributed by atoms with Crippen LogP contribution in [0.4, 0.5) is 0 Å². The molecule has 0 spiro atoms. The van der Waals surface area contributed by atoms with E-state index in [-0.39, 0.29) is 0 Å². The highest BCUT2D eigenvalue weighted by atomic mass is 32.2. The molecule has 0 atom stereocenters. The summed E-state index contributed by atoms with van der Waals surface area (Å²) in [6.07, 6.45) is 2.09. The summed E-state index contributed by atoms with van der Waals surface area (Å²) in [6, 6.07) is 10.3. The lowest BCUT2D eigenvalue weighted by atomic mass is 10.1. The zero-order valence-corrected chi connectivity index (χ0v) is 18.9. The number of hydrogen-bond acceptors (Lipinski definition) is 5. The van der Waals surface area contributed by atoms with E-state index in [4.69, 9.17) is 19.2 Å². The van der Waals surface area contributed by atoms with Gasteiger partial charge in [-0.1, -0.05) is 12.1 Å². The largest absolute Gasteiger partial charge is 0.493 e. The van der Waals surface area contributed by atoms with Gasteiger partial charge in [0.05, 0.1) is 27.9 Å². The van der Waals surface area contributed by atoms with Crippen LogP contribution in [0.3, 0.4) is 0 Å². The molecule has 0 radical (unpaired) electrons. The molecular weight excluding hydrogens is 386 g/mol. The Morgan fingerprint density at radius 2 is 1.69 bits per heavy atom. The van der Waals surface area contributed by atoms with E-state index in [1.54, 1.807) is 33.1 Å². The number of benzene rings is 2. The van der Waals surface area contributed by atoms with Crippen LogP contribution in [-0.4, -0.2) is 40.1 Å². The third-order valence-electron chi connectivity index (χ3n) is 4.43. The number of thioether (sulfide) groups is 1. The molecule has 2 aromatic carbocycles. The smallest absolute Gasteiger partial charge is 0.203 e. The van der Waals surface area contributed by atoms with Gasteiger partial charge in [-0.15, -0.1) is 11.8 Å². The molecule has 2 rings (SSSR count). The molecule has 0 aliphatic heterocycles. The van der Waals surface area contributed by atoms with E-state index >= 15 is 0 Å². The second-order valence-electron chi connectivity index (χ2n) is 6.36. The van der Waals surface area contributed by atoms with Gasteiger partial charge in [0.25, 0.3) is 0 Å². The zero-order chi connectivity index (χ0) is 21.2. The van der Waals surface area contributed by atoms with Crippen LogP contribution >= 0.6 is 11.8 Å². The second-order valence-corrected chi connectivity index (χ2v) is 7.21. The number of aliphatic imine (C=N–C) groups is 1. The molecule has 0 heterocycles. The first kappa shape index (κ1) is 22.7. The number of methoxy groups -OCH3 is 3. The van der Waals surface area contributed by atoms with Crippen molar-refractivity contribution >= 4 is 17.7 Å². The molecule has 2 N–H and O–H groups in total. The maximum atomic E-state index is 5.56. The van der Waals surface area contributed by atoms with Gasteiger partial charge in [-0.05, 0) is 49.4 Å². The van der Waals surface area contributed by atoms with E-state index in [1.807, 2.05) is 19.1 Å². The molecule has 6 nitrogen and oxygen atoms in total. The summed E-state index contributed by atoms with van der Waals surface area (Å²) < 4.78 is 16.4. The normalized spacial score (nSPS) is 11.2. The molecule has 158 valence electrons. The molecule has 0 fully saturated rings. The van der Waals surface area contributed by atoms with Gasteiger partial charge < -0.3 is 24.8 Å². The van der Waals surface area contributed by atoms with Crippen molar-refractivity contribution < 1.29 is 14.2 Å². The van der Waals surface area contributed by atoms with Crippen molar-refractivity contribution in [1.82, 2.24) is 10.6 Å². The van der Waals surface area contributed by atoms with Crippen molar-refractivity contribution in [2.75, 3.05) is 34.1 Å². The summed E-state index contributed by atoms with van der Waals surface area (Å²) in [4.78, 5) is 6.01. The predicted octanol–water partition coefficient (Wildman–Crippen LogP) is 4.00. The highest BCUT2D eigenvalue weighted by molar-refractivity contribution is 7.98. The van der Waals surface area contributed by atoms with Gasteiger partial charge in [0, 0.05) is 23.5 Å². The van der Waals surface area contributed by atoms with Gasteiger partial charge in [0.1, 0.15) is 0 Å². The number of nitrogens with one attached hydrogen (secondary N) is 2. The van der Waals surface area contributed by atoms with Crippen molar-refractivity contribution in [3.8, 4) is 17.2 Å². The number of guanidine groups is 1. The third kappa shape index (κ3) is 5.97. The summed E-state index contributed by atoms with van der Waals surface area (Å²) >= 11 is 1.74. The van der Waals surface area contributed by atoms with Gasteiger partial charge in [0.2, 0.25) is 5.75 Å². The number of nitrogens with zero attached hydrogens (tertiary/aromatic N) is 1. The van der Waals surface area contributed by atoms with Crippen LogP contribution in [0, 0.1) is 6.92 Å². The molecule has 7 heteroatoms. The van der Waals surface area contributed by atoms with Gasteiger partial charge in [-0.2, -0.15) is 0 Å². The van der Waals surface area contributed by atoms with Crippen LogP contribution in [0.15, 0.2) is 40.2 Å². The Morgan fingerprint density at radius 1 is 0.966 bits per heavy atom. The zero-order valence-electron chi connectivity index (χ0n) is 18.1. The Bertz CT molecular complexity index is 840. The molecule has 0 aliphatic carbocycles. The van der Waals surface area contributed by atoms with E-state index in [0.717, 1.165) is 18.1 Å². The number of hydrogen-bond donors (Lipinski definition) is 2. The summed E-state index contributed by atoms with van der Waals surface area (Å²) in [6.45, 7) is 6.08. The Morgan fingerprint density at radius 3 is 2.31 bits per heavy atom. The van der Waals surface area contributed by atoms with Crippen molar-refractivity contribution in [3.63, 3.8) is 0 Å². The van der Waals surface area contributed by atoms with Gasteiger partial charge in [-0.3, -0.25) is 0 Å². The first-order valence-corrected chi connectivity index (χ1v) is 10.7. The fourth-order valence-corrected chi connectivity index (χ4v) is 3.67. The van der Waals surface area contributed by atoms with Crippen LogP contribution in [-0.2, 0) is 13.1 Å². The number of rotatable bonds is 9. The number of aryl methyl sites for hydroxylation is 1. The molecule has 0 aromatic heterocycles. The average molecular weight is 418 g/mol. The lowest BCUT2D eigenvalue weighted by Gasteiger charge is -2.17. The Kier molecular flexibility index (Phi) is 8.99. The van der Waals surface area contributed by atoms with Crippen molar-refractivity contribution in [3.05, 3.63) is 47.0 Å². The Labute approximate surface area is 178 Å². The van der Waals surface area contributed by atoms with E-state index in [9.17, 15) is 0 Å². The maximum Gasteiger partial charge on any atom is 0.203 e. The third-order valence-corrected chi connectivity index (χ3v) is 5.25. The fourth-order valence-electron chi connectivity index (χ4n) is 2.97. The average Bonchev–Trinajstić information content (AvgIpc) is 2.75. The molecular formula is C22H31N3O3S. The molecule has 0 aliphatic rings. The van der Waals surface area contributed by atoms with E-state index < -0.39 is 0 Å². The first-order valence-electron chi connectivity index (χ1n) is 9.51. The highest BCUT2D eigenvalue weighted by Crippen LogP contribution is 2.39. The summed E-state index contributed by atoms with van der Waals surface area (Å²) in [5.74, 6) is 2.62. The lowest BCUT2D eigenvalue weighted by molar-refractivity contribution is 0.322. The maximum absolute atomic E-state index is 5.56. The molecule has 2 aromatic rings. The monoisotopic (exact) mass is 417 g/mol. The van der Waals surface area contributed by atoms with Gasteiger partial charge >= 0.3 is 0 Å². The van der Waals surface area contributed by atoms with Crippen molar-refractivity contribution in [1.29, 1.82) is 0 Å². The standard InChI is InChI=1S/C22H31N3O3S/c1-7-23-22(24-13-16-9-8-15(2)12-19(16)29-6)25-14-17-10-11-18(26-3)21(28-5)20(17)27-4/h8-12H,7,13-14H2,1-6H3,(H2,23,24,25). The Balaban J connectivity index is 2.18. The summed E-state index contributed by atoms with van der Waals surface area (Å²) in [7, 11) is 4.84. The molecule has 0 amide bonds. The predicted molar refractivity (Wildman–Crippen MR) is 121 cm³/mol. The fraction of sp³-hybridized carbons (Fsp3) is 0.409. The molecule has 0 saturated carbocycles. The quantitative estimate of drug-likeness (QED) is 0.365. The molecule has 29 heavy (non-hydrogen) atoms. The molecule has 0 saturated heterocycles. The minimum Gasteiger partial charge on any atom is -0.493 e. The molecule has 0 bridgehead atoms. The second kappa shape index (κ2) is 11.5. The van der Waals surface area contributed by atoms with Crippen molar-refractivity contribution in [2.24, 2.45) is 4.99 Å². The first-order chi connectivity index (χ1) is 14.1. The number of ether oxygens (including phenoxy) is 3. The SMILES string of the molecule is CCNC(=NCc1ccc(C)cc1SC)NCc1ccc(OC)c(OC)c1OC. The van der Waals surface area contributed by atoms with Crippen LogP contribution in [0.5, 0.6) is 17.2 Å². The lowest BCUT2D eigenvalue weighted by Crippen LogP contribution is -2.36. The van der Waals surface area contributed by atoms with E-state index in [0.29, 0.717) is 30.3 Å². The van der Waals surface area contributed by atoms with Crippen LogP contribution in [0.1, 0.15) is 23.6 Å². The van der Waals surface area contributed by atoms with Gasteiger partial charge in [0.15, 0.2) is 17.5 Å².